The molecule has 0 saturated carbocycles. The minimum Gasteiger partial charge on any atom is -0.481 e. The molecule has 0 aromatic heterocycles. The van der Waals surface area contributed by atoms with Gasteiger partial charge in [-0.05, 0) is 7.05 Å². The lowest BCUT2D eigenvalue weighted by molar-refractivity contribution is -0.140. The summed E-state index contributed by atoms with van der Waals surface area (Å²) < 4.78 is 10.2. The van der Waals surface area contributed by atoms with Gasteiger partial charge < -0.3 is 25.2 Å². The number of carbonyl (C=O) groups excluding carboxylic acids is 1. The highest BCUT2D eigenvalue weighted by Crippen LogP contribution is 2.13. The Kier molecular flexibility index (Phi) is 6.03. The average Bonchev–Trinajstić information content (AvgIpc) is 2.81. The molecule has 1 amide bonds. The first-order valence-corrected chi connectivity index (χ1v) is 5.85. The predicted molar refractivity (Wildman–Crippen MR) is 63.2 cm³/mol. The normalized spacial score (nSPS) is 24.8. The van der Waals surface area contributed by atoms with Gasteiger partial charge in [0.2, 0.25) is 5.91 Å². The molecule has 104 valence electrons. The van der Waals surface area contributed by atoms with Crippen LogP contribution in [0.2, 0.25) is 0 Å². The molecule has 0 aromatic rings. The van der Waals surface area contributed by atoms with Crippen LogP contribution in [0.4, 0.5) is 0 Å². The number of carboxylic acid groups (broad SMARTS) is 1. The van der Waals surface area contributed by atoms with Crippen LogP contribution in [0.5, 0.6) is 0 Å². The number of likely N-dealkylation sites (N-methyl/N-ethyl adjacent to an activating group) is 1. The maximum atomic E-state index is 11.9. The van der Waals surface area contributed by atoms with Gasteiger partial charge in [0.15, 0.2) is 0 Å². The van der Waals surface area contributed by atoms with E-state index in [-0.39, 0.29) is 30.8 Å². The van der Waals surface area contributed by atoms with Crippen LogP contribution in [0.15, 0.2) is 0 Å². The molecular formula is C11H20N2O5. The van der Waals surface area contributed by atoms with Crippen LogP contribution in [0.3, 0.4) is 0 Å². The van der Waals surface area contributed by atoms with Gasteiger partial charge >= 0.3 is 5.97 Å². The van der Waals surface area contributed by atoms with Crippen LogP contribution in [0.1, 0.15) is 6.42 Å². The standard InChI is InChI=1S/C11H20N2O5/c1-12-9-6-18-5-8(9)11(16)13-4-7(17-2)3-10(14)15/h7-9,12H,3-6H2,1-2H3,(H,13,16)(H,14,15). The second kappa shape index (κ2) is 7.30. The molecule has 1 rings (SSSR count). The lowest BCUT2D eigenvalue weighted by atomic mass is 10.0. The van der Waals surface area contributed by atoms with E-state index in [1.54, 1.807) is 7.05 Å². The first-order valence-electron chi connectivity index (χ1n) is 5.85. The predicted octanol–water partition coefficient (Wildman–Crippen LogP) is -1.17. The van der Waals surface area contributed by atoms with Crippen molar-refractivity contribution in [3.05, 3.63) is 0 Å². The van der Waals surface area contributed by atoms with Crippen LogP contribution in [-0.4, -0.2) is 63.0 Å². The third-order valence-electron chi connectivity index (χ3n) is 3.03. The van der Waals surface area contributed by atoms with E-state index in [1.807, 2.05) is 0 Å². The summed E-state index contributed by atoms with van der Waals surface area (Å²) in [5.41, 5.74) is 0. The minimum absolute atomic E-state index is 0.00506. The summed E-state index contributed by atoms with van der Waals surface area (Å²) in [6, 6.07) is 0.00506. The number of carboxylic acids is 1. The molecule has 0 bridgehead atoms. The van der Waals surface area contributed by atoms with Crippen molar-refractivity contribution >= 4 is 11.9 Å². The van der Waals surface area contributed by atoms with Crippen molar-refractivity contribution in [1.29, 1.82) is 0 Å². The fourth-order valence-corrected chi connectivity index (χ4v) is 1.88. The Morgan fingerprint density at radius 3 is 2.78 bits per heavy atom. The molecule has 0 aliphatic carbocycles. The summed E-state index contributed by atoms with van der Waals surface area (Å²) >= 11 is 0. The summed E-state index contributed by atoms with van der Waals surface area (Å²) in [7, 11) is 3.21. The van der Waals surface area contributed by atoms with Crippen LogP contribution < -0.4 is 10.6 Å². The fourth-order valence-electron chi connectivity index (χ4n) is 1.88. The smallest absolute Gasteiger partial charge is 0.306 e. The van der Waals surface area contributed by atoms with Gasteiger partial charge in [0.25, 0.3) is 0 Å². The summed E-state index contributed by atoms with van der Waals surface area (Å²) in [6.07, 6.45) is -0.644. The zero-order valence-electron chi connectivity index (χ0n) is 10.6. The second-order valence-corrected chi connectivity index (χ2v) is 4.24. The first-order chi connectivity index (χ1) is 8.58. The molecule has 7 nitrogen and oxygen atoms in total. The van der Waals surface area contributed by atoms with Gasteiger partial charge in [0.1, 0.15) is 0 Å². The summed E-state index contributed by atoms with van der Waals surface area (Å²) in [4.78, 5) is 22.4. The average molecular weight is 260 g/mol. The molecule has 3 atom stereocenters. The van der Waals surface area contributed by atoms with Crippen molar-refractivity contribution in [2.24, 2.45) is 5.92 Å². The highest BCUT2D eigenvalue weighted by atomic mass is 16.5. The molecule has 18 heavy (non-hydrogen) atoms. The number of hydrogen-bond acceptors (Lipinski definition) is 5. The highest BCUT2D eigenvalue weighted by Gasteiger charge is 2.33. The summed E-state index contributed by atoms with van der Waals surface area (Å²) in [5.74, 6) is -1.33. The van der Waals surface area contributed by atoms with Crippen LogP contribution in [0, 0.1) is 5.92 Å². The Bertz CT molecular complexity index is 297. The van der Waals surface area contributed by atoms with Gasteiger partial charge in [-0.2, -0.15) is 0 Å². The van der Waals surface area contributed by atoms with Crippen molar-refractivity contribution in [1.82, 2.24) is 10.6 Å². The molecule has 1 aliphatic rings. The number of methoxy groups -OCH3 is 1. The number of rotatable bonds is 7. The number of amides is 1. The van der Waals surface area contributed by atoms with E-state index in [1.165, 1.54) is 7.11 Å². The fraction of sp³-hybridized carbons (Fsp3) is 0.818. The third-order valence-corrected chi connectivity index (χ3v) is 3.03. The Hall–Kier alpha value is -1.18. The molecule has 0 spiro atoms. The van der Waals surface area contributed by atoms with Crippen LogP contribution in [0.25, 0.3) is 0 Å². The molecule has 7 heteroatoms. The Morgan fingerprint density at radius 1 is 1.50 bits per heavy atom. The SMILES string of the molecule is CNC1COCC1C(=O)NCC(CC(=O)O)OC. The Labute approximate surface area is 106 Å². The molecule has 3 unspecified atom stereocenters. The van der Waals surface area contributed by atoms with Crippen molar-refractivity contribution in [3.63, 3.8) is 0 Å². The van der Waals surface area contributed by atoms with Crippen LogP contribution >= 0.6 is 0 Å². The number of hydrogen-bond donors (Lipinski definition) is 3. The molecule has 1 heterocycles. The molecule has 3 N–H and O–H groups in total. The van der Waals surface area contributed by atoms with Gasteiger partial charge in [0.05, 0.1) is 31.7 Å². The summed E-state index contributed by atoms with van der Waals surface area (Å²) in [6.45, 7) is 1.08. The van der Waals surface area contributed by atoms with Gasteiger partial charge in [0, 0.05) is 19.7 Å². The highest BCUT2D eigenvalue weighted by molar-refractivity contribution is 5.80. The Balaban J connectivity index is 2.37. The maximum Gasteiger partial charge on any atom is 0.306 e. The lowest BCUT2D eigenvalue weighted by Gasteiger charge is -2.19. The number of nitrogens with one attached hydrogen (secondary N) is 2. The number of ether oxygens (including phenoxy) is 2. The van der Waals surface area contributed by atoms with Crippen molar-refractivity contribution in [2.75, 3.05) is 33.9 Å². The van der Waals surface area contributed by atoms with E-state index in [0.717, 1.165) is 0 Å². The van der Waals surface area contributed by atoms with Gasteiger partial charge in [-0.25, -0.2) is 0 Å². The molecule has 0 aromatic carbocycles. The topological polar surface area (TPSA) is 96.9 Å². The zero-order valence-corrected chi connectivity index (χ0v) is 10.6. The van der Waals surface area contributed by atoms with Gasteiger partial charge in [-0.1, -0.05) is 0 Å². The second-order valence-electron chi connectivity index (χ2n) is 4.24. The lowest BCUT2D eigenvalue weighted by Crippen LogP contribution is -2.45. The molecule has 1 aliphatic heterocycles. The van der Waals surface area contributed by atoms with Crippen molar-refractivity contribution in [2.45, 2.75) is 18.6 Å². The minimum atomic E-state index is -0.951. The molecular weight excluding hydrogens is 240 g/mol. The number of aliphatic carboxylic acids is 1. The molecule has 1 saturated heterocycles. The van der Waals surface area contributed by atoms with Crippen molar-refractivity contribution in [3.8, 4) is 0 Å². The van der Waals surface area contributed by atoms with Gasteiger partial charge in [-0.3, -0.25) is 9.59 Å². The van der Waals surface area contributed by atoms with Crippen molar-refractivity contribution < 1.29 is 24.2 Å². The van der Waals surface area contributed by atoms with E-state index in [9.17, 15) is 9.59 Å². The van der Waals surface area contributed by atoms with E-state index in [0.29, 0.717) is 13.2 Å². The van der Waals surface area contributed by atoms with E-state index in [4.69, 9.17) is 14.6 Å². The van der Waals surface area contributed by atoms with Crippen LogP contribution in [-0.2, 0) is 19.1 Å². The summed E-state index contributed by atoms with van der Waals surface area (Å²) in [5, 5.41) is 14.4. The molecule has 0 radical (unpaired) electrons. The zero-order chi connectivity index (χ0) is 13.5. The maximum absolute atomic E-state index is 11.9. The molecule has 1 fully saturated rings. The van der Waals surface area contributed by atoms with E-state index >= 15 is 0 Å². The largest absolute Gasteiger partial charge is 0.481 e. The van der Waals surface area contributed by atoms with E-state index in [2.05, 4.69) is 10.6 Å². The Morgan fingerprint density at radius 2 is 2.22 bits per heavy atom. The monoisotopic (exact) mass is 260 g/mol. The van der Waals surface area contributed by atoms with Gasteiger partial charge in [-0.15, -0.1) is 0 Å². The quantitative estimate of drug-likeness (QED) is 0.533. The number of carbonyl (C=O) groups is 2. The first kappa shape index (κ1) is 14.9. The third kappa shape index (κ3) is 4.25. The van der Waals surface area contributed by atoms with E-state index < -0.39 is 12.1 Å².